The van der Waals surface area contributed by atoms with Crippen LogP contribution in [0.1, 0.15) is 12.8 Å². The van der Waals surface area contributed by atoms with E-state index in [2.05, 4.69) is 10.6 Å². The third-order valence-corrected chi connectivity index (χ3v) is 1.43. The molecular weight excluding hydrogens is 172 g/mol. The fourth-order valence-corrected chi connectivity index (χ4v) is 0.783. The van der Waals surface area contributed by atoms with E-state index in [0.717, 1.165) is 19.4 Å². The van der Waals surface area contributed by atoms with E-state index >= 15 is 0 Å². The van der Waals surface area contributed by atoms with E-state index in [1.165, 1.54) is 0 Å². The molecule has 0 aromatic heterocycles. The summed E-state index contributed by atoms with van der Waals surface area (Å²) in [4.78, 5) is 20.0. The zero-order valence-corrected chi connectivity index (χ0v) is 7.58. The van der Waals surface area contributed by atoms with Gasteiger partial charge in [-0.1, -0.05) is 0 Å². The molecule has 0 radical (unpaired) electrons. The van der Waals surface area contributed by atoms with E-state index in [0.29, 0.717) is 19.5 Å². The van der Waals surface area contributed by atoms with Gasteiger partial charge >= 0.3 is 5.97 Å². The first-order chi connectivity index (χ1) is 6.27. The summed E-state index contributed by atoms with van der Waals surface area (Å²) in [6.45, 7) is 2.66. The highest BCUT2D eigenvalue weighted by Gasteiger charge is 1.94. The van der Waals surface area contributed by atoms with Crippen molar-refractivity contribution >= 4 is 12.3 Å². The molecule has 0 heterocycles. The smallest absolute Gasteiger partial charge is 0.304 e. The maximum atomic E-state index is 10.1. The highest BCUT2D eigenvalue weighted by Crippen LogP contribution is 1.74. The number of rotatable bonds is 9. The van der Waals surface area contributed by atoms with Crippen LogP contribution in [-0.2, 0) is 9.59 Å². The van der Waals surface area contributed by atoms with E-state index in [1.54, 1.807) is 0 Å². The highest BCUT2D eigenvalue weighted by atomic mass is 16.4. The average Bonchev–Trinajstić information content (AvgIpc) is 2.09. The first kappa shape index (κ1) is 12.1. The van der Waals surface area contributed by atoms with Crippen molar-refractivity contribution in [2.45, 2.75) is 12.8 Å². The van der Waals surface area contributed by atoms with Crippen LogP contribution < -0.4 is 10.6 Å². The molecule has 0 unspecified atom stereocenters. The standard InChI is InChI=1S/C8H16N2O3/c11-7-1-3-9-5-6-10-4-2-8(12)13/h7,9-10H,1-6H2,(H,12,13). The zero-order chi connectivity index (χ0) is 9.94. The van der Waals surface area contributed by atoms with E-state index < -0.39 is 5.97 Å². The molecule has 0 aromatic carbocycles. The van der Waals surface area contributed by atoms with Gasteiger partial charge in [-0.05, 0) is 0 Å². The van der Waals surface area contributed by atoms with E-state index in [-0.39, 0.29) is 6.42 Å². The summed E-state index contributed by atoms with van der Waals surface area (Å²) in [6, 6.07) is 0. The largest absolute Gasteiger partial charge is 0.481 e. The summed E-state index contributed by atoms with van der Waals surface area (Å²) in [5, 5.41) is 14.3. The minimum atomic E-state index is -0.790. The second kappa shape index (κ2) is 9.15. The van der Waals surface area contributed by atoms with Gasteiger partial charge in [-0.3, -0.25) is 4.79 Å². The van der Waals surface area contributed by atoms with Crippen LogP contribution in [0, 0.1) is 0 Å². The molecule has 0 atom stereocenters. The van der Waals surface area contributed by atoms with Crippen molar-refractivity contribution < 1.29 is 14.7 Å². The predicted molar refractivity (Wildman–Crippen MR) is 48.7 cm³/mol. The second-order valence-electron chi connectivity index (χ2n) is 2.60. The Hall–Kier alpha value is -0.940. The average molecular weight is 188 g/mol. The first-order valence-corrected chi connectivity index (χ1v) is 4.34. The van der Waals surface area contributed by atoms with Crippen molar-refractivity contribution in [3.8, 4) is 0 Å². The van der Waals surface area contributed by atoms with Crippen molar-refractivity contribution in [2.24, 2.45) is 0 Å². The monoisotopic (exact) mass is 188 g/mol. The number of nitrogens with one attached hydrogen (secondary N) is 2. The van der Waals surface area contributed by atoms with E-state index in [9.17, 15) is 9.59 Å². The number of carbonyl (C=O) groups excluding carboxylic acids is 1. The zero-order valence-electron chi connectivity index (χ0n) is 7.58. The van der Waals surface area contributed by atoms with Crippen LogP contribution >= 0.6 is 0 Å². The molecule has 0 saturated heterocycles. The first-order valence-electron chi connectivity index (χ1n) is 4.34. The lowest BCUT2D eigenvalue weighted by Gasteiger charge is -2.03. The van der Waals surface area contributed by atoms with Crippen LogP contribution in [0.25, 0.3) is 0 Å². The molecule has 0 aliphatic carbocycles. The van der Waals surface area contributed by atoms with Gasteiger partial charge in [0.1, 0.15) is 6.29 Å². The molecule has 76 valence electrons. The molecule has 0 bridgehead atoms. The Balaban J connectivity index is 2.91. The quantitative estimate of drug-likeness (QED) is 0.327. The molecule has 0 fully saturated rings. The fourth-order valence-electron chi connectivity index (χ4n) is 0.783. The number of hydrogen-bond acceptors (Lipinski definition) is 4. The molecule has 0 amide bonds. The molecule has 0 spiro atoms. The summed E-state index contributed by atoms with van der Waals surface area (Å²) in [6.07, 6.45) is 1.54. The molecular formula is C8H16N2O3. The Kier molecular flexibility index (Phi) is 8.49. The summed E-state index contributed by atoms with van der Waals surface area (Å²) in [5.74, 6) is -0.790. The van der Waals surface area contributed by atoms with Crippen LogP contribution in [0.2, 0.25) is 0 Å². The second-order valence-corrected chi connectivity index (χ2v) is 2.60. The normalized spacial score (nSPS) is 9.85. The van der Waals surface area contributed by atoms with Gasteiger partial charge in [-0.25, -0.2) is 0 Å². The number of carboxylic acids is 1. The number of carbonyl (C=O) groups is 2. The Morgan fingerprint density at radius 1 is 1.15 bits per heavy atom. The van der Waals surface area contributed by atoms with Gasteiger partial charge < -0.3 is 20.5 Å². The Morgan fingerprint density at radius 2 is 1.77 bits per heavy atom. The van der Waals surface area contributed by atoms with Gasteiger partial charge in [-0.2, -0.15) is 0 Å². The molecule has 13 heavy (non-hydrogen) atoms. The Labute approximate surface area is 77.5 Å². The summed E-state index contributed by atoms with van der Waals surface area (Å²) in [5.41, 5.74) is 0. The van der Waals surface area contributed by atoms with Gasteiger partial charge in [0.2, 0.25) is 0 Å². The Morgan fingerprint density at radius 3 is 2.31 bits per heavy atom. The molecule has 5 nitrogen and oxygen atoms in total. The minimum Gasteiger partial charge on any atom is -0.481 e. The van der Waals surface area contributed by atoms with Crippen molar-refractivity contribution in [3.05, 3.63) is 0 Å². The van der Waals surface area contributed by atoms with Gasteiger partial charge in [0.25, 0.3) is 0 Å². The molecule has 3 N–H and O–H groups in total. The summed E-state index contributed by atoms with van der Waals surface area (Å²) in [7, 11) is 0. The third kappa shape index (κ3) is 11.1. The van der Waals surface area contributed by atoms with Crippen LogP contribution in [0.15, 0.2) is 0 Å². The molecule has 0 saturated carbocycles. The van der Waals surface area contributed by atoms with Crippen molar-refractivity contribution in [3.63, 3.8) is 0 Å². The predicted octanol–water partition coefficient (Wildman–Crippen LogP) is -0.771. The third-order valence-electron chi connectivity index (χ3n) is 1.43. The van der Waals surface area contributed by atoms with Crippen LogP contribution in [0.4, 0.5) is 0 Å². The lowest BCUT2D eigenvalue weighted by atomic mass is 10.4. The molecule has 0 aromatic rings. The maximum absolute atomic E-state index is 10.1. The highest BCUT2D eigenvalue weighted by molar-refractivity contribution is 5.66. The van der Waals surface area contributed by atoms with Crippen LogP contribution in [0.5, 0.6) is 0 Å². The SMILES string of the molecule is O=CCCNCCNCCC(=O)O. The molecule has 5 heteroatoms. The van der Waals surface area contributed by atoms with Crippen molar-refractivity contribution in [1.82, 2.24) is 10.6 Å². The molecule has 0 rings (SSSR count). The molecule has 0 aliphatic heterocycles. The lowest BCUT2D eigenvalue weighted by molar-refractivity contribution is -0.136. The Bertz CT molecular complexity index is 150. The summed E-state index contributed by atoms with van der Waals surface area (Å²) >= 11 is 0. The van der Waals surface area contributed by atoms with Gasteiger partial charge in [0.15, 0.2) is 0 Å². The maximum Gasteiger partial charge on any atom is 0.304 e. The minimum absolute atomic E-state index is 0.147. The van der Waals surface area contributed by atoms with Gasteiger partial charge in [0.05, 0.1) is 6.42 Å². The number of carboxylic acid groups (broad SMARTS) is 1. The van der Waals surface area contributed by atoms with Gasteiger partial charge in [0, 0.05) is 32.6 Å². The van der Waals surface area contributed by atoms with E-state index in [4.69, 9.17) is 5.11 Å². The lowest BCUT2D eigenvalue weighted by Crippen LogP contribution is -2.29. The van der Waals surface area contributed by atoms with Crippen LogP contribution in [0.3, 0.4) is 0 Å². The number of aldehydes is 1. The fraction of sp³-hybridized carbons (Fsp3) is 0.750. The molecule has 0 aliphatic rings. The number of aliphatic carboxylic acids is 1. The van der Waals surface area contributed by atoms with Crippen molar-refractivity contribution in [1.29, 1.82) is 0 Å². The summed E-state index contributed by atoms with van der Waals surface area (Å²) < 4.78 is 0. The van der Waals surface area contributed by atoms with Crippen LogP contribution in [-0.4, -0.2) is 43.5 Å². The van der Waals surface area contributed by atoms with Crippen molar-refractivity contribution in [2.75, 3.05) is 26.2 Å². The topological polar surface area (TPSA) is 78.4 Å². The van der Waals surface area contributed by atoms with Gasteiger partial charge in [-0.15, -0.1) is 0 Å². The number of hydrogen-bond donors (Lipinski definition) is 3. The van der Waals surface area contributed by atoms with E-state index in [1.807, 2.05) is 0 Å².